The number of rotatable bonds is 2. The summed E-state index contributed by atoms with van der Waals surface area (Å²) in [6.07, 6.45) is -4.83. The number of hydrogen-bond acceptors (Lipinski definition) is 3. The van der Waals surface area contributed by atoms with Gasteiger partial charge in [-0.05, 0) is 32.0 Å². The summed E-state index contributed by atoms with van der Waals surface area (Å²) in [5, 5.41) is 0. The van der Waals surface area contributed by atoms with Crippen molar-refractivity contribution in [3.05, 3.63) is 29.6 Å². The fraction of sp³-hybridized carbons (Fsp3) is 0.571. The number of ether oxygens (including phenoxy) is 1. The molecule has 7 heteroatoms. The quantitative estimate of drug-likeness (QED) is 0.854. The van der Waals surface area contributed by atoms with Gasteiger partial charge in [0.15, 0.2) is 0 Å². The Hall–Kier alpha value is -1.34. The highest BCUT2D eigenvalue weighted by molar-refractivity contribution is 5.50. The van der Waals surface area contributed by atoms with Crippen LogP contribution in [-0.4, -0.2) is 31.3 Å². The average Bonchev–Trinajstić information content (AvgIpc) is 2.35. The van der Waals surface area contributed by atoms with Crippen molar-refractivity contribution in [3.63, 3.8) is 0 Å². The van der Waals surface area contributed by atoms with E-state index >= 15 is 0 Å². The van der Waals surface area contributed by atoms with Gasteiger partial charge in [0, 0.05) is 19.6 Å². The maximum Gasteiger partial charge on any atom is 0.416 e. The number of hydrogen-bond donors (Lipinski definition) is 1. The molecule has 1 fully saturated rings. The van der Waals surface area contributed by atoms with Crippen LogP contribution < -0.4 is 10.6 Å². The lowest BCUT2D eigenvalue weighted by molar-refractivity contribution is -0.137. The summed E-state index contributed by atoms with van der Waals surface area (Å²) >= 11 is 0. The van der Waals surface area contributed by atoms with Crippen LogP contribution in [0.3, 0.4) is 0 Å². The van der Waals surface area contributed by atoms with Crippen molar-refractivity contribution in [1.29, 1.82) is 0 Å². The minimum absolute atomic E-state index is 0.137. The fourth-order valence-electron chi connectivity index (χ4n) is 2.54. The number of benzene rings is 1. The summed E-state index contributed by atoms with van der Waals surface area (Å²) in [6.45, 7) is 4.67. The summed E-state index contributed by atoms with van der Waals surface area (Å²) in [6, 6.07) is 2.57. The Labute approximate surface area is 120 Å². The van der Waals surface area contributed by atoms with Crippen molar-refractivity contribution in [2.24, 2.45) is 5.73 Å². The molecule has 1 aliphatic rings. The minimum Gasteiger partial charge on any atom is -0.367 e. The van der Waals surface area contributed by atoms with Crippen molar-refractivity contribution in [1.82, 2.24) is 0 Å². The summed E-state index contributed by atoms with van der Waals surface area (Å²) in [4.78, 5) is 1.68. The number of anilines is 1. The molecule has 1 saturated heterocycles. The normalized spacial score (nSPS) is 22.4. The zero-order valence-electron chi connectivity index (χ0n) is 11.9. The highest BCUT2D eigenvalue weighted by Gasteiger charge is 2.35. The number of alkyl halides is 3. The van der Waals surface area contributed by atoms with Gasteiger partial charge in [-0.2, -0.15) is 13.2 Å². The fourth-order valence-corrected chi connectivity index (χ4v) is 2.54. The molecule has 1 aliphatic heterocycles. The van der Waals surface area contributed by atoms with Gasteiger partial charge < -0.3 is 15.4 Å². The van der Waals surface area contributed by atoms with Gasteiger partial charge in [0.25, 0.3) is 0 Å². The van der Waals surface area contributed by atoms with Gasteiger partial charge in [-0.1, -0.05) is 0 Å². The Morgan fingerprint density at radius 1 is 1.38 bits per heavy atom. The second-order valence-electron chi connectivity index (χ2n) is 5.78. The van der Waals surface area contributed by atoms with Gasteiger partial charge in [-0.25, -0.2) is 4.39 Å². The van der Waals surface area contributed by atoms with E-state index in [2.05, 4.69) is 0 Å². The van der Waals surface area contributed by atoms with Gasteiger partial charge >= 0.3 is 6.18 Å². The number of nitrogens with zero attached hydrogens (tertiary/aromatic N) is 1. The predicted octanol–water partition coefficient (Wildman–Crippen LogP) is 2.79. The molecule has 0 spiro atoms. The van der Waals surface area contributed by atoms with E-state index in [1.165, 1.54) is 0 Å². The first kappa shape index (κ1) is 16.0. The molecule has 0 radical (unpaired) electrons. The zero-order chi connectivity index (χ0) is 15.8. The Morgan fingerprint density at radius 2 is 2.05 bits per heavy atom. The van der Waals surface area contributed by atoms with Crippen LogP contribution in [0.25, 0.3) is 0 Å². The molecular weight excluding hydrogens is 288 g/mol. The molecule has 1 aromatic carbocycles. The highest BCUT2D eigenvalue weighted by atomic mass is 19.4. The van der Waals surface area contributed by atoms with E-state index in [0.29, 0.717) is 19.2 Å². The first-order valence-corrected chi connectivity index (χ1v) is 6.62. The molecule has 0 aliphatic carbocycles. The third-order valence-corrected chi connectivity index (χ3v) is 3.36. The topological polar surface area (TPSA) is 38.5 Å². The van der Waals surface area contributed by atoms with E-state index in [9.17, 15) is 17.6 Å². The van der Waals surface area contributed by atoms with E-state index < -0.39 is 23.2 Å². The number of halogens is 4. The monoisotopic (exact) mass is 306 g/mol. The van der Waals surface area contributed by atoms with Crippen molar-refractivity contribution in [3.8, 4) is 0 Å². The second kappa shape index (κ2) is 5.46. The number of morpholine rings is 1. The van der Waals surface area contributed by atoms with Crippen LogP contribution in [0.5, 0.6) is 0 Å². The molecule has 0 saturated carbocycles. The minimum atomic E-state index is -4.55. The summed E-state index contributed by atoms with van der Waals surface area (Å²) in [5.74, 6) is -0.890. The SMILES string of the molecule is CC1(C)CN(c2ccc(C(F)(F)F)cc2F)CC(CN)O1. The van der Waals surface area contributed by atoms with Gasteiger partial charge in [0.05, 0.1) is 23.0 Å². The highest BCUT2D eigenvalue weighted by Crippen LogP contribution is 2.34. The summed E-state index contributed by atoms with van der Waals surface area (Å²) < 4.78 is 57.5. The largest absolute Gasteiger partial charge is 0.416 e. The van der Waals surface area contributed by atoms with Crippen LogP contribution in [0.1, 0.15) is 19.4 Å². The maximum absolute atomic E-state index is 14.0. The van der Waals surface area contributed by atoms with Gasteiger partial charge in [0.1, 0.15) is 5.82 Å². The van der Waals surface area contributed by atoms with Crippen LogP contribution in [-0.2, 0) is 10.9 Å². The first-order valence-electron chi connectivity index (χ1n) is 6.62. The lowest BCUT2D eigenvalue weighted by Crippen LogP contribution is -2.55. The van der Waals surface area contributed by atoms with Crippen molar-refractivity contribution < 1.29 is 22.3 Å². The third kappa shape index (κ3) is 3.65. The Bertz CT molecular complexity index is 516. The van der Waals surface area contributed by atoms with Crippen LogP contribution in [0, 0.1) is 5.82 Å². The Balaban J connectivity index is 2.29. The molecule has 1 aromatic rings. The van der Waals surface area contributed by atoms with Gasteiger partial charge in [0.2, 0.25) is 0 Å². The van der Waals surface area contributed by atoms with E-state index in [4.69, 9.17) is 10.5 Å². The van der Waals surface area contributed by atoms with E-state index in [-0.39, 0.29) is 18.3 Å². The average molecular weight is 306 g/mol. The molecule has 2 N–H and O–H groups in total. The summed E-state index contributed by atoms with van der Waals surface area (Å²) in [5.41, 5.74) is 4.19. The molecule has 3 nitrogen and oxygen atoms in total. The first-order chi connectivity index (χ1) is 9.62. The smallest absolute Gasteiger partial charge is 0.367 e. The van der Waals surface area contributed by atoms with E-state index in [1.54, 1.807) is 4.90 Å². The van der Waals surface area contributed by atoms with Crippen LogP contribution >= 0.6 is 0 Å². The van der Waals surface area contributed by atoms with Crippen molar-refractivity contribution in [2.75, 3.05) is 24.5 Å². The van der Waals surface area contributed by atoms with Crippen molar-refractivity contribution in [2.45, 2.75) is 31.7 Å². The van der Waals surface area contributed by atoms with Crippen molar-refractivity contribution >= 4 is 5.69 Å². The second-order valence-corrected chi connectivity index (χ2v) is 5.78. The van der Waals surface area contributed by atoms with E-state index in [0.717, 1.165) is 12.1 Å². The Kier molecular flexibility index (Phi) is 4.17. The van der Waals surface area contributed by atoms with Crippen LogP contribution in [0.15, 0.2) is 18.2 Å². The van der Waals surface area contributed by atoms with Gasteiger partial charge in [-0.3, -0.25) is 0 Å². The number of nitrogens with two attached hydrogens (primary N) is 1. The van der Waals surface area contributed by atoms with Crippen LogP contribution in [0.2, 0.25) is 0 Å². The molecule has 1 heterocycles. The Morgan fingerprint density at radius 3 is 2.57 bits per heavy atom. The molecule has 21 heavy (non-hydrogen) atoms. The molecule has 1 atom stereocenters. The lowest BCUT2D eigenvalue weighted by atomic mass is 10.0. The molecule has 2 rings (SSSR count). The molecule has 0 bridgehead atoms. The third-order valence-electron chi connectivity index (χ3n) is 3.36. The zero-order valence-corrected chi connectivity index (χ0v) is 11.9. The lowest BCUT2D eigenvalue weighted by Gasteiger charge is -2.43. The van der Waals surface area contributed by atoms with E-state index in [1.807, 2.05) is 13.8 Å². The predicted molar refractivity (Wildman–Crippen MR) is 71.6 cm³/mol. The molecule has 118 valence electrons. The summed E-state index contributed by atoms with van der Waals surface area (Å²) in [7, 11) is 0. The molecule has 0 aromatic heterocycles. The van der Waals surface area contributed by atoms with Gasteiger partial charge in [-0.15, -0.1) is 0 Å². The molecule has 0 amide bonds. The maximum atomic E-state index is 14.0. The molecule has 1 unspecified atom stereocenters. The van der Waals surface area contributed by atoms with Crippen LogP contribution in [0.4, 0.5) is 23.2 Å². The molecular formula is C14H18F4N2O. The standard InChI is InChI=1S/C14H18F4N2O/c1-13(2)8-20(7-10(6-19)21-13)12-4-3-9(5-11(12)15)14(16,17)18/h3-5,10H,6-8,19H2,1-2H3.